The van der Waals surface area contributed by atoms with Gasteiger partial charge in [0, 0.05) is 34.9 Å². The lowest BCUT2D eigenvalue weighted by atomic mass is 10.1. The zero-order chi connectivity index (χ0) is 15.4. The van der Waals surface area contributed by atoms with E-state index in [2.05, 4.69) is 13.2 Å². The first-order valence-corrected chi connectivity index (χ1v) is 7.25. The zero-order valence-corrected chi connectivity index (χ0v) is 12.1. The van der Waals surface area contributed by atoms with Crippen molar-refractivity contribution in [3.8, 4) is 0 Å². The van der Waals surface area contributed by atoms with Crippen molar-refractivity contribution in [1.82, 2.24) is 0 Å². The molecule has 1 aliphatic heterocycles. The molecule has 0 N–H and O–H groups in total. The number of carbonyl (C=O) groups excluding carboxylic acids is 1. The van der Waals surface area contributed by atoms with Crippen LogP contribution >= 0.6 is 11.8 Å². The van der Waals surface area contributed by atoms with Crippen molar-refractivity contribution >= 4 is 29.0 Å². The van der Waals surface area contributed by atoms with Gasteiger partial charge in [0.15, 0.2) is 0 Å². The second-order valence-corrected chi connectivity index (χ2v) is 5.41. The van der Waals surface area contributed by atoms with E-state index in [-0.39, 0.29) is 11.6 Å². The topological polar surface area (TPSA) is 63.5 Å². The maximum atomic E-state index is 12.5. The molecule has 0 fully saturated rings. The van der Waals surface area contributed by atoms with E-state index in [9.17, 15) is 14.9 Å². The van der Waals surface area contributed by atoms with Crippen LogP contribution < -0.4 is 4.90 Å². The maximum Gasteiger partial charge on any atom is 0.271 e. The van der Waals surface area contributed by atoms with Crippen molar-refractivity contribution in [2.45, 2.75) is 4.90 Å². The number of nitrogens with zero attached hydrogens (tertiary/aromatic N) is 2. The lowest BCUT2D eigenvalue weighted by Gasteiger charge is -2.29. The lowest BCUT2D eigenvalue weighted by Crippen LogP contribution is -2.36. The van der Waals surface area contributed by atoms with E-state index in [1.54, 1.807) is 28.8 Å². The predicted molar refractivity (Wildman–Crippen MR) is 84.7 cm³/mol. The summed E-state index contributed by atoms with van der Waals surface area (Å²) < 4.78 is 0. The molecule has 21 heavy (non-hydrogen) atoms. The SMILES string of the molecule is C=C/C=C(\C=C)C(=O)N1CCSc2ccc([N+](=O)[O-])cc21. The monoisotopic (exact) mass is 302 g/mol. The summed E-state index contributed by atoms with van der Waals surface area (Å²) in [5.74, 6) is 0.515. The van der Waals surface area contributed by atoms with Crippen molar-refractivity contribution in [3.05, 3.63) is 65.3 Å². The second kappa shape index (κ2) is 6.41. The first-order valence-electron chi connectivity index (χ1n) is 6.26. The van der Waals surface area contributed by atoms with Crippen molar-refractivity contribution in [2.75, 3.05) is 17.2 Å². The van der Waals surface area contributed by atoms with Crippen LogP contribution in [0.2, 0.25) is 0 Å². The maximum absolute atomic E-state index is 12.5. The van der Waals surface area contributed by atoms with Crippen LogP contribution in [0.1, 0.15) is 0 Å². The number of allylic oxidation sites excluding steroid dienone is 2. The highest BCUT2D eigenvalue weighted by Gasteiger charge is 2.26. The number of nitro groups is 1. The van der Waals surface area contributed by atoms with Gasteiger partial charge in [-0.1, -0.05) is 31.4 Å². The number of amides is 1. The minimum atomic E-state index is -0.462. The number of fused-ring (bicyclic) bond motifs is 1. The Morgan fingerprint density at radius 1 is 1.43 bits per heavy atom. The highest BCUT2D eigenvalue weighted by atomic mass is 32.2. The summed E-state index contributed by atoms with van der Waals surface area (Å²) in [4.78, 5) is 25.4. The standard InChI is InChI=1S/C15H14N2O3S/c1-3-5-11(4-2)15(18)16-8-9-21-14-7-6-12(17(19)20)10-13(14)16/h3-7,10H,1-2,8-9H2/b11-5+. The van der Waals surface area contributed by atoms with Crippen LogP contribution in [0.3, 0.4) is 0 Å². The number of carbonyl (C=O) groups is 1. The minimum Gasteiger partial charge on any atom is -0.306 e. The van der Waals surface area contributed by atoms with Gasteiger partial charge in [0.25, 0.3) is 11.6 Å². The summed E-state index contributed by atoms with van der Waals surface area (Å²) in [7, 11) is 0. The fourth-order valence-electron chi connectivity index (χ4n) is 2.04. The summed E-state index contributed by atoms with van der Waals surface area (Å²) >= 11 is 1.58. The van der Waals surface area contributed by atoms with Crippen LogP contribution in [0.15, 0.2) is 60.1 Å². The molecule has 0 radical (unpaired) electrons. The summed E-state index contributed by atoms with van der Waals surface area (Å²) in [6.45, 7) is 7.69. The molecule has 0 aliphatic carbocycles. The van der Waals surface area contributed by atoms with Crippen LogP contribution in [0.4, 0.5) is 11.4 Å². The number of hydrogen-bond acceptors (Lipinski definition) is 4. The van der Waals surface area contributed by atoms with Gasteiger partial charge >= 0.3 is 0 Å². The Morgan fingerprint density at radius 3 is 2.81 bits per heavy atom. The first-order chi connectivity index (χ1) is 10.1. The van der Waals surface area contributed by atoms with Crippen molar-refractivity contribution in [3.63, 3.8) is 0 Å². The van der Waals surface area contributed by atoms with E-state index in [0.29, 0.717) is 17.8 Å². The van der Waals surface area contributed by atoms with E-state index >= 15 is 0 Å². The van der Waals surface area contributed by atoms with Gasteiger partial charge in [-0.25, -0.2) is 0 Å². The molecule has 0 atom stereocenters. The van der Waals surface area contributed by atoms with Gasteiger partial charge < -0.3 is 4.90 Å². The highest BCUT2D eigenvalue weighted by molar-refractivity contribution is 7.99. The molecule has 0 bridgehead atoms. The van der Waals surface area contributed by atoms with Crippen LogP contribution in [0, 0.1) is 10.1 Å². The molecule has 1 amide bonds. The lowest BCUT2D eigenvalue weighted by molar-refractivity contribution is -0.384. The van der Waals surface area contributed by atoms with E-state index in [1.807, 2.05) is 0 Å². The predicted octanol–water partition coefficient (Wildman–Crippen LogP) is 3.33. The Kier molecular flexibility index (Phi) is 4.59. The third-order valence-corrected chi connectivity index (χ3v) is 4.07. The van der Waals surface area contributed by atoms with Crippen LogP contribution in [-0.4, -0.2) is 23.1 Å². The van der Waals surface area contributed by atoms with E-state index in [0.717, 1.165) is 10.6 Å². The number of benzene rings is 1. The number of hydrogen-bond donors (Lipinski definition) is 0. The molecule has 0 saturated carbocycles. The van der Waals surface area contributed by atoms with Gasteiger partial charge in [-0.2, -0.15) is 0 Å². The highest BCUT2D eigenvalue weighted by Crippen LogP contribution is 2.37. The Balaban J connectivity index is 2.45. The molecule has 0 spiro atoms. The first kappa shape index (κ1) is 15.1. The summed E-state index contributed by atoms with van der Waals surface area (Å²) in [6, 6.07) is 4.57. The Labute approximate surface area is 126 Å². The van der Waals surface area contributed by atoms with E-state index < -0.39 is 4.92 Å². The molecular formula is C15H14N2O3S. The Bertz CT molecular complexity index is 652. The van der Waals surface area contributed by atoms with Crippen molar-refractivity contribution in [1.29, 1.82) is 0 Å². The van der Waals surface area contributed by atoms with Gasteiger partial charge in [-0.05, 0) is 6.07 Å². The molecule has 0 unspecified atom stereocenters. The minimum absolute atomic E-state index is 0.0260. The van der Waals surface area contributed by atoms with Gasteiger partial charge in [-0.3, -0.25) is 14.9 Å². The molecule has 1 aliphatic rings. The number of thioether (sulfide) groups is 1. The smallest absolute Gasteiger partial charge is 0.271 e. The largest absolute Gasteiger partial charge is 0.306 e. The molecule has 0 saturated heterocycles. The molecule has 108 valence electrons. The van der Waals surface area contributed by atoms with E-state index in [4.69, 9.17) is 0 Å². The van der Waals surface area contributed by atoms with Gasteiger partial charge in [0.1, 0.15) is 0 Å². The molecule has 1 aromatic rings. The van der Waals surface area contributed by atoms with Crippen LogP contribution in [0.5, 0.6) is 0 Å². The second-order valence-electron chi connectivity index (χ2n) is 4.28. The Morgan fingerprint density at radius 2 is 2.19 bits per heavy atom. The normalized spacial score (nSPS) is 14.3. The average molecular weight is 302 g/mol. The third kappa shape index (κ3) is 3.05. The molecular weight excluding hydrogens is 288 g/mol. The van der Waals surface area contributed by atoms with Gasteiger partial charge in [-0.15, -0.1) is 11.8 Å². The third-order valence-electron chi connectivity index (χ3n) is 3.03. The molecule has 1 heterocycles. The number of rotatable bonds is 4. The number of non-ortho nitro benzene ring substituents is 1. The quantitative estimate of drug-likeness (QED) is 0.370. The molecule has 2 rings (SSSR count). The van der Waals surface area contributed by atoms with E-state index in [1.165, 1.54) is 24.3 Å². The summed E-state index contributed by atoms with van der Waals surface area (Å²) in [6.07, 6.45) is 4.55. The van der Waals surface area contributed by atoms with Crippen LogP contribution in [0.25, 0.3) is 0 Å². The molecule has 6 heteroatoms. The summed E-state index contributed by atoms with van der Waals surface area (Å²) in [5.41, 5.74) is 0.957. The molecule has 0 aromatic heterocycles. The Hall–Kier alpha value is -2.34. The fourth-order valence-corrected chi connectivity index (χ4v) is 3.02. The fraction of sp³-hybridized carbons (Fsp3) is 0.133. The van der Waals surface area contributed by atoms with Gasteiger partial charge in [0.2, 0.25) is 0 Å². The average Bonchev–Trinajstić information content (AvgIpc) is 2.50. The summed E-state index contributed by atoms with van der Waals surface area (Å²) in [5, 5.41) is 10.9. The number of anilines is 1. The van der Waals surface area contributed by atoms with Crippen LogP contribution in [-0.2, 0) is 4.79 Å². The molecule has 1 aromatic carbocycles. The van der Waals surface area contributed by atoms with Crippen molar-refractivity contribution in [2.24, 2.45) is 0 Å². The zero-order valence-electron chi connectivity index (χ0n) is 11.3. The van der Waals surface area contributed by atoms with Crippen molar-refractivity contribution < 1.29 is 9.72 Å². The molecule has 5 nitrogen and oxygen atoms in total. The van der Waals surface area contributed by atoms with Gasteiger partial charge in [0.05, 0.1) is 10.6 Å². The number of nitro benzene ring substituents is 1.